The van der Waals surface area contributed by atoms with Crippen molar-refractivity contribution >= 4 is 34.1 Å². The quantitative estimate of drug-likeness (QED) is 0.325. The highest BCUT2D eigenvalue weighted by atomic mass is 32.2. The Morgan fingerprint density at radius 2 is 1.96 bits per heavy atom. The molecule has 0 aliphatic carbocycles. The zero-order chi connectivity index (χ0) is 18.9. The average Bonchev–Trinajstić information content (AvgIpc) is 3.46. The van der Waals surface area contributed by atoms with Crippen LogP contribution in [-0.2, 0) is 12.8 Å². The fraction of sp³-hybridized carbons (Fsp3) is 0.105. The summed E-state index contributed by atoms with van der Waals surface area (Å²) in [6, 6.07) is 9.98. The molecule has 0 aliphatic rings. The summed E-state index contributed by atoms with van der Waals surface area (Å²) in [4.78, 5) is 13.6. The molecule has 0 saturated carbocycles. The van der Waals surface area contributed by atoms with E-state index >= 15 is 0 Å². The van der Waals surface area contributed by atoms with Crippen molar-refractivity contribution in [3.63, 3.8) is 0 Å². The molecule has 0 bridgehead atoms. The molecule has 0 aliphatic heterocycles. The number of nitrogens with zero attached hydrogens (tertiary/aromatic N) is 7. The molecule has 5 aromatic rings. The number of thioether (sulfide) groups is 1. The maximum atomic E-state index is 4.72. The van der Waals surface area contributed by atoms with Gasteiger partial charge in [-0.2, -0.15) is 10.2 Å². The predicted molar refractivity (Wildman–Crippen MR) is 111 cm³/mol. The molecule has 0 radical (unpaired) electrons. The first kappa shape index (κ1) is 17.1. The van der Waals surface area contributed by atoms with Crippen molar-refractivity contribution in [2.24, 2.45) is 7.05 Å². The number of fused-ring (bicyclic) bond motifs is 1. The van der Waals surface area contributed by atoms with E-state index in [4.69, 9.17) is 4.98 Å². The summed E-state index contributed by atoms with van der Waals surface area (Å²) in [5.41, 5.74) is 3.85. The number of para-hydroxylation sites is 1. The SMILES string of the molecule is Cn1cc(-c2nc(CSc3ncnc4c3cnn4-c3ccccc3)cs2)cn1. The topological polar surface area (TPSA) is 74.3 Å². The lowest BCUT2D eigenvalue weighted by Crippen LogP contribution is -1.97. The van der Waals surface area contributed by atoms with Gasteiger partial charge in [0, 0.05) is 29.9 Å². The second-order valence-corrected chi connectivity index (χ2v) is 7.97. The predicted octanol–water partition coefficient (Wildman–Crippen LogP) is 3.96. The zero-order valence-electron chi connectivity index (χ0n) is 14.9. The minimum atomic E-state index is 0.736. The Morgan fingerprint density at radius 1 is 1.07 bits per heavy atom. The van der Waals surface area contributed by atoms with Gasteiger partial charge in [-0.3, -0.25) is 4.68 Å². The minimum absolute atomic E-state index is 0.736. The number of aromatic nitrogens is 7. The number of hydrogen-bond donors (Lipinski definition) is 0. The van der Waals surface area contributed by atoms with Crippen molar-refractivity contribution in [1.82, 2.24) is 34.5 Å². The van der Waals surface area contributed by atoms with Crippen LogP contribution < -0.4 is 0 Å². The highest BCUT2D eigenvalue weighted by molar-refractivity contribution is 7.98. The number of aryl methyl sites for hydroxylation is 1. The number of hydrogen-bond acceptors (Lipinski definition) is 7. The second kappa shape index (κ2) is 7.17. The highest BCUT2D eigenvalue weighted by Gasteiger charge is 2.13. The summed E-state index contributed by atoms with van der Waals surface area (Å²) in [5.74, 6) is 0.736. The van der Waals surface area contributed by atoms with Gasteiger partial charge in [0.2, 0.25) is 0 Å². The van der Waals surface area contributed by atoms with Crippen molar-refractivity contribution in [3.05, 3.63) is 66.3 Å². The van der Waals surface area contributed by atoms with Crippen LogP contribution in [-0.4, -0.2) is 34.5 Å². The summed E-state index contributed by atoms with van der Waals surface area (Å²) < 4.78 is 3.62. The van der Waals surface area contributed by atoms with E-state index in [1.54, 1.807) is 34.1 Å². The van der Waals surface area contributed by atoms with Gasteiger partial charge < -0.3 is 0 Å². The maximum absolute atomic E-state index is 4.72. The molecule has 0 unspecified atom stereocenters. The van der Waals surface area contributed by atoms with Gasteiger partial charge in [0.1, 0.15) is 16.4 Å². The average molecular weight is 406 g/mol. The molecule has 0 saturated heterocycles. The van der Waals surface area contributed by atoms with Gasteiger partial charge >= 0.3 is 0 Å². The van der Waals surface area contributed by atoms with Crippen LogP contribution in [0, 0.1) is 0 Å². The molecule has 0 spiro atoms. The van der Waals surface area contributed by atoms with Crippen LogP contribution in [0.1, 0.15) is 5.69 Å². The molecule has 0 amide bonds. The van der Waals surface area contributed by atoms with Crippen molar-refractivity contribution < 1.29 is 0 Å². The van der Waals surface area contributed by atoms with Gasteiger partial charge in [-0.05, 0) is 12.1 Å². The normalized spacial score (nSPS) is 11.3. The molecule has 0 N–H and O–H groups in total. The molecular formula is C19H15N7S2. The summed E-state index contributed by atoms with van der Waals surface area (Å²) >= 11 is 3.27. The van der Waals surface area contributed by atoms with E-state index in [2.05, 4.69) is 25.5 Å². The number of benzene rings is 1. The third-order valence-electron chi connectivity index (χ3n) is 4.19. The Kier molecular flexibility index (Phi) is 4.38. The Hall–Kier alpha value is -3.04. The molecule has 28 heavy (non-hydrogen) atoms. The van der Waals surface area contributed by atoms with Gasteiger partial charge in [0.25, 0.3) is 0 Å². The number of rotatable bonds is 5. The van der Waals surface area contributed by atoms with E-state index in [0.29, 0.717) is 0 Å². The fourth-order valence-electron chi connectivity index (χ4n) is 2.88. The first-order valence-corrected chi connectivity index (χ1v) is 10.4. The summed E-state index contributed by atoms with van der Waals surface area (Å²) in [5, 5.41) is 13.6. The molecule has 0 atom stereocenters. The van der Waals surface area contributed by atoms with Crippen LogP contribution in [0.5, 0.6) is 0 Å². The molecule has 5 rings (SSSR count). The van der Waals surface area contributed by atoms with E-state index in [9.17, 15) is 0 Å². The van der Waals surface area contributed by atoms with Crippen LogP contribution >= 0.6 is 23.1 Å². The molecule has 9 heteroatoms. The van der Waals surface area contributed by atoms with Crippen molar-refractivity contribution in [1.29, 1.82) is 0 Å². The van der Waals surface area contributed by atoms with Gasteiger partial charge in [0.05, 0.1) is 29.2 Å². The van der Waals surface area contributed by atoms with E-state index in [0.717, 1.165) is 43.8 Å². The Balaban J connectivity index is 1.39. The first-order valence-electron chi connectivity index (χ1n) is 8.58. The second-order valence-electron chi connectivity index (χ2n) is 6.14. The van der Waals surface area contributed by atoms with Crippen LogP contribution in [0.2, 0.25) is 0 Å². The molecule has 1 aromatic carbocycles. The first-order chi connectivity index (χ1) is 13.8. The summed E-state index contributed by atoms with van der Waals surface area (Å²) in [6.07, 6.45) is 7.23. The van der Waals surface area contributed by atoms with Gasteiger partial charge in [-0.1, -0.05) is 30.0 Å². The molecule has 138 valence electrons. The lowest BCUT2D eigenvalue weighted by atomic mass is 10.3. The molecular weight excluding hydrogens is 390 g/mol. The van der Waals surface area contributed by atoms with Crippen LogP contribution in [0.3, 0.4) is 0 Å². The third kappa shape index (κ3) is 3.19. The molecule has 4 heterocycles. The lowest BCUT2D eigenvalue weighted by Gasteiger charge is -2.03. The Morgan fingerprint density at radius 3 is 2.79 bits per heavy atom. The van der Waals surface area contributed by atoms with Crippen molar-refractivity contribution in [2.45, 2.75) is 10.8 Å². The number of thiazole rings is 1. The minimum Gasteiger partial charge on any atom is -0.275 e. The third-order valence-corrected chi connectivity index (χ3v) is 6.17. The van der Waals surface area contributed by atoms with Crippen molar-refractivity contribution in [3.8, 4) is 16.3 Å². The Labute approximate surface area is 169 Å². The lowest BCUT2D eigenvalue weighted by molar-refractivity contribution is 0.768. The summed E-state index contributed by atoms with van der Waals surface area (Å²) in [7, 11) is 1.91. The van der Waals surface area contributed by atoms with Gasteiger partial charge in [-0.15, -0.1) is 11.3 Å². The van der Waals surface area contributed by atoms with Crippen LogP contribution in [0.15, 0.2) is 65.7 Å². The van der Waals surface area contributed by atoms with Crippen LogP contribution in [0.4, 0.5) is 0 Å². The van der Waals surface area contributed by atoms with Gasteiger partial charge in [-0.25, -0.2) is 19.6 Å². The van der Waals surface area contributed by atoms with E-state index in [-0.39, 0.29) is 0 Å². The maximum Gasteiger partial charge on any atom is 0.167 e. The Bertz CT molecular complexity index is 1240. The molecule has 7 nitrogen and oxygen atoms in total. The summed E-state index contributed by atoms with van der Waals surface area (Å²) in [6.45, 7) is 0. The zero-order valence-corrected chi connectivity index (χ0v) is 16.6. The fourth-order valence-corrected chi connectivity index (χ4v) is 4.63. The molecule has 0 fully saturated rings. The van der Waals surface area contributed by atoms with E-state index < -0.39 is 0 Å². The van der Waals surface area contributed by atoms with E-state index in [1.807, 2.05) is 60.7 Å². The van der Waals surface area contributed by atoms with E-state index in [1.165, 1.54) is 0 Å². The highest BCUT2D eigenvalue weighted by Crippen LogP contribution is 2.30. The molecule has 4 aromatic heterocycles. The van der Waals surface area contributed by atoms with Gasteiger partial charge in [0.15, 0.2) is 5.65 Å². The standard InChI is InChI=1S/C19H15N7S2/c1-25-9-13(7-22-25)18-24-14(10-27-18)11-28-19-16-8-23-26(17(16)20-12-21-19)15-5-3-2-4-6-15/h2-10,12H,11H2,1H3. The van der Waals surface area contributed by atoms with Crippen molar-refractivity contribution in [2.75, 3.05) is 0 Å². The smallest absolute Gasteiger partial charge is 0.167 e. The largest absolute Gasteiger partial charge is 0.275 e. The monoisotopic (exact) mass is 405 g/mol. The van der Waals surface area contributed by atoms with Crippen LogP contribution in [0.25, 0.3) is 27.3 Å².